The van der Waals surface area contributed by atoms with Gasteiger partial charge < -0.3 is 15.5 Å². The van der Waals surface area contributed by atoms with Gasteiger partial charge in [-0.25, -0.2) is 9.18 Å². The minimum absolute atomic E-state index is 0.0101. The Hall–Kier alpha value is -2.89. The predicted octanol–water partition coefficient (Wildman–Crippen LogP) is 4.48. The lowest BCUT2D eigenvalue weighted by atomic mass is 9.82. The molecule has 0 radical (unpaired) electrons. The number of halogens is 1. The molecule has 3 atom stereocenters. The van der Waals surface area contributed by atoms with Crippen molar-refractivity contribution in [3.05, 3.63) is 65.5 Å². The molecule has 2 saturated heterocycles. The first-order valence-electron chi connectivity index (χ1n) is 10.2. The maximum absolute atomic E-state index is 13.4. The Bertz CT molecular complexity index is 903. The van der Waals surface area contributed by atoms with Gasteiger partial charge in [0.2, 0.25) is 0 Å². The Labute approximate surface area is 170 Å². The van der Waals surface area contributed by atoms with Gasteiger partial charge in [-0.05, 0) is 74.9 Å². The van der Waals surface area contributed by atoms with E-state index in [0.29, 0.717) is 5.56 Å². The fourth-order valence-electron chi connectivity index (χ4n) is 4.64. The van der Waals surface area contributed by atoms with Gasteiger partial charge in [0, 0.05) is 29.4 Å². The van der Waals surface area contributed by atoms with Crippen LogP contribution in [0, 0.1) is 12.7 Å². The van der Waals surface area contributed by atoms with Gasteiger partial charge in [0.1, 0.15) is 5.82 Å². The number of nitrogens with one attached hydrogen (secondary N) is 2. The molecule has 152 valence electrons. The zero-order valence-electron chi connectivity index (χ0n) is 16.5. The first-order valence-corrected chi connectivity index (χ1v) is 10.2. The number of carbonyl (C=O) groups is 2. The van der Waals surface area contributed by atoms with E-state index in [4.69, 9.17) is 0 Å². The van der Waals surface area contributed by atoms with E-state index in [1.807, 2.05) is 36.1 Å². The van der Waals surface area contributed by atoms with Crippen LogP contribution in [0.25, 0.3) is 0 Å². The number of urea groups is 1. The Balaban J connectivity index is 1.42. The van der Waals surface area contributed by atoms with Gasteiger partial charge >= 0.3 is 6.03 Å². The van der Waals surface area contributed by atoms with Crippen LogP contribution in [-0.2, 0) is 0 Å². The maximum atomic E-state index is 13.4. The fraction of sp³-hybridized carbons (Fsp3) is 0.391. The number of rotatable bonds is 3. The quantitative estimate of drug-likeness (QED) is 0.805. The summed E-state index contributed by atoms with van der Waals surface area (Å²) in [7, 11) is 0. The number of piperidine rings is 2. The minimum Gasteiger partial charge on any atom is -0.349 e. The van der Waals surface area contributed by atoms with Crippen molar-refractivity contribution in [1.82, 2.24) is 10.2 Å². The number of anilines is 1. The van der Waals surface area contributed by atoms with Crippen LogP contribution >= 0.6 is 0 Å². The molecule has 4 rings (SSSR count). The molecular formula is C23H26FN3O2. The number of fused-ring (bicyclic) bond motifs is 2. The third kappa shape index (κ3) is 4.42. The summed E-state index contributed by atoms with van der Waals surface area (Å²) in [6.45, 7) is 2.00. The molecule has 0 saturated carbocycles. The van der Waals surface area contributed by atoms with E-state index in [2.05, 4.69) is 10.6 Å². The van der Waals surface area contributed by atoms with Crippen LogP contribution in [0.1, 0.15) is 48.0 Å². The molecule has 1 unspecified atom stereocenters. The fourth-order valence-corrected chi connectivity index (χ4v) is 4.64. The molecule has 2 fully saturated rings. The lowest BCUT2D eigenvalue weighted by Gasteiger charge is -2.48. The molecule has 2 aliphatic heterocycles. The number of amides is 3. The standard InChI is InChI=1S/C23H26FN3O2/c1-15-5-2-8-18(11-15)26-23(29)27-20-9-4-10-21(27)14-19(13-20)25-22(28)16-6-3-7-17(24)12-16/h2-3,5-8,11-12,19-21H,4,9-10,13-14H2,1H3,(H,25,28)(H,26,29)/t19?,20-,21+. The number of benzene rings is 2. The summed E-state index contributed by atoms with van der Waals surface area (Å²) in [6.07, 6.45) is 4.40. The second-order valence-corrected chi connectivity index (χ2v) is 8.10. The van der Waals surface area contributed by atoms with Crippen LogP contribution in [0.15, 0.2) is 48.5 Å². The molecule has 2 aromatic rings. The van der Waals surface area contributed by atoms with Crippen molar-refractivity contribution >= 4 is 17.6 Å². The second kappa shape index (κ2) is 8.23. The second-order valence-electron chi connectivity index (χ2n) is 8.10. The highest BCUT2D eigenvalue weighted by molar-refractivity contribution is 5.94. The Morgan fingerprint density at radius 1 is 1.03 bits per heavy atom. The number of hydrogen-bond donors (Lipinski definition) is 2. The normalized spacial score (nSPS) is 23.4. The number of carbonyl (C=O) groups excluding carboxylic acids is 2. The van der Waals surface area contributed by atoms with E-state index >= 15 is 0 Å². The van der Waals surface area contributed by atoms with E-state index in [1.165, 1.54) is 18.2 Å². The topological polar surface area (TPSA) is 61.4 Å². The molecule has 2 heterocycles. The van der Waals surface area contributed by atoms with Gasteiger partial charge in [-0.3, -0.25) is 4.79 Å². The summed E-state index contributed by atoms with van der Waals surface area (Å²) in [6, 6.07) is 13.6. The Kier molecular flexibility index (Phi) is 5.51. The zero-order valence-corrected chi connectivity index (χ0v) is 16.5. The molecule has 2 aliphatic rings. The molecule has 3 amide bonds. The molecule has 29 heavy (non-hydrogen) atoms. The van der Waals surface area contributed by atoms with Crippen LogP contribution in [0.3, 0.4) is 0 Å². The van der Waals surface area contributed by atoms with E-state index in [1.54, 1.807) is 6.07 Å². The lowest BCUT2D eigenvalue weighted by Crippen LogP contribution is -2.59. The molecule has 6 heteroatoms. The van der Waals surface area contributed by atoms with E-state index in [9.17, 15) is 14.0 Å². The Morgan fingerprint density at radius 2 is 1.76 bits per heavy atom. The van der Waals surface area contributed by atoms with Gasteiger partial charge in [-0.1, -0.05) is 18.2 Å². The molecule has 2 bridgehead atoms. The Morgan fingerprint density at radius 3 is 2.45 bits per heavy atom. The molecule has 0 aromatic heterocycles. The molecule has 2 N–H and O–H groups in total. The van der Waals surface area contributed by atoms with E-state index < -0.39 is 5.82 Å². The van der Waals surface area contributed by atoms with Crippen molar-refractivity contribution in [2.75, 3.05) is 5.32 Å². The van der Waals surface area contributed by atoms with Crippen molar-refractivity contribution < 1.29 is 14.0 Å². The van der Waals surface area contributed by atoms with E-state index in [0.717, 1.165) is 43.4 Å². The summed E-state index contributed by atoms with van der Waals surface area (Å²) >= 11 is 0. The van der Waals surface area contributed by atoms with Crippen LogP contribution in [-0.4, -0.2) is 35.0 Å². The SMILES string of the molecule is Cc1cccc(NC(=O)N2[C@@H]3CCC[C@H]2CC(NC(=O)c2cccc(F)c2)C3)c1. The minimum atomic E-state index is -0.419. The molecule has 5 nitrogen and oxygen atoms in total. The highest BCUT2D eigenvalue weighted by Crippen LogP contribution is 2.34. The van der Waals surface area contributed by atoms with Crippen molar-refractivity contribution in [2.24, 2.45) is 0 Å². The van der Waals surface area contributed by atoms with Crippen molar-refractivity contribution in [1.29, 1.82) is 0 Å². The number of nitrogens with zero attached hydrogens (tertiary/aromatic N) is 1. The van der Waals surface area contributed by atoms with Crippen LogP contribution < -0.4 is 10.6 Å². The van der Waals surface area contributed by atoms with Crippen molar-refractivity contribution in [2.45, 2.75) is 57.2 Å². The molecule has 0 spiro atoms. The van der Waals surface area contributed by atoms with Gasteiger partial charge in [-0.2, -0.15) is 0 Å². The van der Waals surface area contributed by atoms with Crippen molar-refractivity contribution in [3.63, 3.8) is 0 Å². The monoisotopic (exact) mass is 395 g/mol. The average Bonchev–Trinajstić information content (AvgIpc) is 2.67. The molecule has 0 aliphatic carbocycles. The first kappa shape index (κ1) is 19.4. The van der Waals surface area contributed by atoms with E-state index in [-0.39, 0.29) is 30.1 Å². The predicted molar refractivity (Wildman–Crippen MR) is 110 cm³/mol. The third-order valence-electron chi connectivity index (χ3n) is 5.90. The average molecular weight is 395 g/mol. The molecule has 2 aromatic carbocycles. The summed E-state index contributed by atoms with van der Waals surface area (Å²) in [5, 5.41) is 6.07. The summed E-state index contributed by atoms with van der Waals surface area (Å²) < 4.78 is 13.4. The lowest BCUT2D eigenvalue weighted by molar-refractivity contribution is 0.0577. The maximum Gasteiger partial charge on any atom is 0.322 e. The van der Waals surface area contributed by atoms with Gasteiger partial charge in [0.25, 0.3) is 5.91 Å². The van der Waals surface area contributed by atoms with Gasteiger partial charge in [-0.15, -0.1) is 0 Å². The highest BCUT2D eigenvalue weighted by Gasteiger charge is 2.41. The van der Waals surface area contributed by atoms with Crippen LogP contribution in [0.2, 0.25) is 0 Å². The van der Waals surface area contributed by atoms with Crippen LogP contribution in [0.4, 0.5) is 14.9 Å². The summed E-state index contributed by atoms with van der Waals surface area (Å²) in [5.41, 5.74) is 2.23. The summed E-state index contributed by atoms with van der Waals surface area (Å²) in [5.74, 6) is -0.678. The third-order valence-corrected chi connectivity index (χ3v) is 5.90. The van der Waals surface area contributed by atoms with Crippen LogP contribution in [0.5, 0.6) is 0 Å². The van der Waals surface area contributed by atoms with Gasteiger partial charge in [0.15, 0.2) is 0 Å². The smallest absolute Gasteiger partial charge is 0.322 e. The summed E-state index contributed by atoms with van der Waals surface area (Å²) in [4.78, 5) is 27.4. The number of hydrogen-bond acceptors (Lipinski definition) is 2. The largest absolute Gasteiger partial charge is 0.349 e. The van der Waals surface area contributed by atoms with Gasteiger partial charge in [0.05, 0.1) is 0 Å². The zero-order chi connectivity index (χ0) is 20.4. The molecular weight excluding hydrogens is 369 g/mol. The van der Waals surface area contributed by atoms with Crippen molar-refractivity contribution in [3.8, 4) is 0 Å². The first-order chi connectivity index (χ1) is 14.0. The number of aryl methyl sites for hydroxylation is 1. The highest BCUT2D eigenvalue weighted by atomic mass is 19.1.